The van der Waals surface area contributed by atoms with E-state index in [9.17, 15) is 4.21 Å². The molecular formula is C13H11BrClNOS. The maximum absolute atomic E-state index is 12.2. The van der Waals surface area contributed by atoms with E-state index < -0.39 is 10.8 Å². The van der Waals surface area contributed by atoms with Crippen LogP contribution in [-0.2, 0) is 16.6 Å². The number of hydrogen-bond acceptors (Lipinski definition) is 2. The molecule has 2 N–H and O–H groups in total. The van der Waals surface area contributed by atoms with Crippen molar-refractivity contribution in [2.45, 2.75) is 10.6 Å². The maximum Gasteiger partial charge on any atom is 0.0574 e. The predicted octanol–water partition coefficient (Wildman–Crippen LogP) is 3.99. The minimum Gasteiger partial charge on any atom is -0.399 e. The molecule has 0 saturated carbocycles. The fourth-order valence-corrected chi connectivity index (χ4v) is 3.54. The van der Waals surface area contributed by atoms with Crippen molar-refractivity contribution >= 4 is 44.0 Å². The van der Waals surface area contributed by atoms with Gasteiger partial charge in [-0.3, -0.25) is 4.21 Å². The van der Waals surface area contributed by atoms with Gasteiger partial charge in [0.15, 0.2) is 0 Å². The molecular weight excluding hydrogens is 334 g/mol. The average Bonchev–Trinajstić information content (AvgIpc) is 2.27. The van der Waals surface area contributed by atoms with E-state index in [2.05, 4.69) is 15.9 Å². The zero-order valence-corrected chi connectivity index (χ0v) is 12.6. The minimum atomic E-state index is -1.12. The van der Waals surface area contributed by atoms with Gasteiger partial charge in [-0.2, -0.15) is 0 Å². The van der Waals surface area contributed by atoms with E-state index in [0.717, 1.165) is 14.9 Å². The molecule has 18 heavy (non-hydrogen) atoms. The lowest BCUT2D eigenvalue weighted by atomic mass is 10.2. The highest BCUT2D eigenvalue weighted by atomic mass is 79.9. The molecule has 2 rings (SSSR count). The van der Waals surface area contributed by atoms with Gasteiger partial charge >= 0.3 is 0 Å². The summed E-state index contributed by atoms with van der Waals surface area (Å²) in [5.74, 6) is 0.421. The second-order valence-corrected chi connectivity index (χ2v) is 6.64. The van der Waals surface area contributed by atoms with Crippen LogP contribution < -0.4 is 5.73 Å². The van der Waals surface area contributed by atoms with E-state index in [0.29, 0.717) is 16.5 Å². The van der Waals surface area contributed by atoms with Gasteiger partial charge in [0, 0.05) is 20.1 Å². The predicted molar refractivity (Wildman–Crippen MR) is 80.1 cm³/mol. The molecule has 2 aromatic carbocycles. The number of benzene rings is 2. The fraction of sp³-hybridized carbons (Fsp3) is 0.0769. The Kier molecular flexibility index (Phi) is 4.43. The lowest BCUT2D eigenvalue weighted by Crippen LogP contribution is -1.97. The van der Waals surface area contributed by atoms with Crippen molar-refractivity contribution in [3.05, 3.63) is 57.5 Å². The van der Waals surface area contributed by atoms with Crippen molar-refractivity contribution in [2.24, 2.45) is 0 Å². The van der Waals surface area contributed by atoms with Gasteiger partial charge in [0.1, 0.15) is 0 Å². The molecule has 0 aromatic heterocycles. The molecule has 94 valence electrons. The lowest BCUT2D eigenvalue weighted by molar-refractivity contribution is 0.682. The Morgan fingerprint density at radius 1 is 1.22 bits per heavy atom. The summed E-state index contributed by atoms with van der Waals surface area (Å²) >= 11 is 9.25. The fourth-order valence-electron chi connectivity index (χ4n) is 1.60. The topological polar surface area (TPSA) is 43.1 Å². The van der Waals surface area contributed by atoms with Crippen LogP contribution in [0.3, 0.4) is 0 Å². The van der Waals surface area contributed by atoms with Crippen LogP contribution in [0.4, 0.5) is 5.69 Å². The molecule has 0 fully saturated rings. The Balaban J connectivity index is 2.21. The van der Waals surface area contributed by atoms with Crippen LogP contribution >= 0.6 is 27.5 Å². The average molecular weight is 345 g/mol. The number of nitrogen functional groups attached to an aromatic ring is 1. The first kappa shape index (κ1) is 13.6. The summed E-state index contributed by atoms with van der Waals surface area (Å²) in [6.07, 6.45) is 0. The summed E-state index contributed by atoms with van der Waals surface area (Å²) in [5, 5.41) is 0.592. The lowest BCUT2D eigenvalue weighted by Gasteiger charge is -2.05. The molecule has 0 saturated heterocycles. The van der Waals surface area contributed by atoms with Crippen LogP contribution in [0.2, 0.25) is 5.02 Å². The minimum absolute atomic E-state index is 0.421. The summed E-state index contributed by atoms with van der Waals surface area (Å²) in [6.45, 7) is 0. The number of rotatable bonds is 3. The quantitative estimate of drug-likeness (QED) is 0.855. The molecule has 0 heterocycles. The number of nitrogens with two attached hydrogens (primary N) is 1. The SMILES string of the molecule is Nc1cc(Br)cc(CS(=O)c2cccc(Cl)c2)c1. The molecule has 0 radical (unpaired) electrons. The number of halogens is 2. The van der Waals surface area contributed by atoms with Crippen LogP contribution in [0, 0.1) is 0 Å². The van der Waals surface area contributed by atoms with E-state index >= 15 is 0 Å². The van der Waals surface area contributed by atoms with E-state index in [1.165, 1.54) is 0 Å². The molecule has 5 heteroatoms. The summed E-state index contributed by atoms with van der Waals surface area (Å²) in [4.78, 5) is 0.723. The largest absolute Gasteiger partial charge is 0.399 e. The monoisotopic (exact) mass is 343 g/mol. The summed E-state index contributed by atoms with van der Waals surface area (Å²) in [6, 6.07) is 12.6. The molecule has 0 bridgehead atoms. The molecule has 0 aliphatic carbocycles. The Hall–Kier alpha value is -0.840. The molecule has 2 aromatic rings. The third kappa shape index (κ3) is 3.57. The number of hydrogen-bond donors (Lipinski definition) is 1. The molecule has 2 nitrogen and oxygen atoms in total. The third-order valence-electron chi connectivity index (χ3n) is 2.34. The van der Waals surface area contributed by atoms with Gasteiger partial charge in [0.25, 0.3) is 0 Å². The first-order valence-electron chi connectivity index (χ1n) is 5.23. The molecule has 1 unspecified atom stereocenters. The first-order chi connectivity index (χ1) is 8.54. The Morgan fingerprint density at radius 3 is 2.67 bits per heavy atom. The van der Waals surface area contributed by atoms with Crippen LogP contribution in [0.15, 0.2) is 51.8 Å². The van der Waals surface area contributed by atoms with Crippen molar-refractivity contribution in [2.75, 3.05) is 5.73 Å². The van der Waals surface area contributed by atoms with Crippen molar-refractivity contribution in [3.8, 4) is 0 Å². The Bertz CT molecular complexity index is 583. The smallest absolute Gasteiger partial charge is 0.0574 e. The summed E-state index contributed by atoms with van der Waals surface area (Å²) in [7, 11) is -1.12. The third-order valence-corrected chi connectivity index (χ3v) is 4.40. The standard InChI is InChI=1S/C13H11BrClNOS/c14-10-4-9(5-12(16)6-10)8-18(17)13-3-1-2-11(15)7-13/h1-7H,8,16H2. The molecule has 0 amide bonds. The van der Waals surface area contributed by atoms with Crippen molar-refractivity contribution in [3.63, 3.8) is 0 Å². The van der Waals surface area contributed by atoms with Gasteiger partial charge in [0.2, 0.25) is 0 Å². The van der Waals surface area contributed by atoms with Crippen LogP contribution in [0.1, 0.15) is 5.56 Å². The van der Waals surface area contributed by atoms with Crippen molar-refractivity contribution < 1.29 is 4.21 Å². The van der Waals surface area contributed by atoms with Crippen LogP contribution in [0.25, 0.3) is 0 Å². The molecule has 0 aliphatic rings. The first-order valence-corrected chi connectivity index (χ1v) is 7.72. The highest BCUT2D eigenvalue weighted by molar-refractivity contribution is 9.10. The van der Waals surface area contributed by atoms with Crippen LogP contribution in [-0.4, -0.2) is 4.21 Å². The van der Waals surface area contributed by atoms with Gasteiger partial charge < -0.3 is 5.73 Å². The molecule has 0 aliphatic heterocycles. The summed E-state index contributed by atoms with van der Waals surface area (Å²) in [5.41, 5.74) is 7.33. The van der Waals surface area contributed by atoms with Gasteiger partial charge in [0.05, 0.1) is 16.6 Å². The highest BCUT2D eigenvalue weighted by Crippen LogP contribution is 2.21. The second kappa shape index (κ2) is 5.87. The molecule has 0 spiro atoms. The van der Waals surface area contributed by atoms with Gasteiger partial charge in [-0.1, -0.05) is 33.6 Å². The zero-order chi connectivity index (χ0) is 13.1. The summed E-state index contributed by atoms with van der Waals surface area (Å²) < 4.78 is 13.1. The molecule has 1 atom stereocenters. The number of anilines is 1. The second-order valence-electron chi connectivity index (χ2n) is 3.84. The van der Waals surface area contributed by atoms with Gasteiger partial charge in [-0.15, -0.1) is 0 Å². The van der Waals surface area contributed by atoms with E-state index in [-0.39, 0.29) is 0 Å². The van der Waals surface area contributed by atoms with Crippen LogP contribution in [0.5, 0.6) is 0 Å². The van der Waals surface area contributed by atoms with Crippen molar-refractivity contribution in [1.82, 2.24) is 0 Å². The Morgan fingerprint density at radius 2 is 2.00 bits per heavy atom. The zero-order valence-electron chi connectivity index (χ0n) is 9.40. The Labute approximate surface area is 122 Å². The van der Waals surface area contributed by atoms with Gasteiger partial charge in [-0.05, 0) is 42.0 Å². The maximum atomic E-state index is 12.2. The van der Waals surface area contributed by atoms with E-state index in [4.69, 9.17) is 17.3 Å². The van der Waals surface area contributed by atoms with E-state index in [1.54, 1.807) is 18.2 Å². The van der Waals surface area contributed by atoms with Crippen molar-refractivity contribution in [1.29, 1.82) is 0 Å². The highest BCUT2D eigenvalue weighted by Gasteiger charge is 2.07. The normalized spacial score (nSPS) is 12.3. The van der Waals surface area contributed by atoms with Gasteiger partial charge in [-0.25, -0.2) is 0 Å². The van der Waals surface area contributed by atoms with E-state index in [1.807, 2.05) is 24.3 Å².